The van der Waals surface area contributed by atoms with Gasteiger partial charge in [0.25, 0.3) is 5.69 Å². The molecule has 0 heterocycles. The number of nitrogens with one attached hydrogen (secondary N) is 1. The predicted octanol–water partition coefficient (Wildman–Crippen LogP) is 1.33. The van der Waals surface area contributed by atoms with Gasteiger partial charge in [-0.1, -0.05) is 5.92 Å². The summed E-state index contributed by atoms with van der Waals surface area (Å²) in [6.07, 6.45) is 5.08. The zero-order valence-electron chi connectivity index (χ0n) is 8.90. The van der Waals surface area contributed by atoms with Crippen molar-refractivity contribution in [1.29, 1.82) is 0 Å². The van der Waals surface area contributed by atoms with Crippen molar-refractivity contribution in [3.05, 3.63) is 33.9 Å². The van der Waals surface area contributed by atoms with E-state index in [1.165, 1.54) is 12.1 Å². The first-order valence-electron chi connectivity index (χ1n) is 4.67. The summed E-state index contributed by atoms with van der Waals surface area (Å²) in [7, 11) is 1.75. The Kier molecular flexibility index (Phi) is 4.30. The lowest BCUT2D eigenvalue weighted by Crippen LogP contribution is -2.08. The van der Waals surface area contributed by atoms with E-state index in [2.05, 4.69) is 11.2 Å². The highest BCUT2D eigenvalue weighted by atomic mass is 16.6. The number of hydrogen-bond acceptors (Lipinski definition) is 4. The molecular formula is C11H12N2O3. The number of rotatable bonds is 5. The van der Waals surface area contributed by atoms with E-state index in [0.717, 1.165) is 0 Å². The molecule has 5 heteroatoms. The van der Waals surface area contributed by atoms with Crippen molar-refractivity contribution in [1.82, 2.24) is 5.32 Å². The van der Waals surface area contributed by atoms with Crippen LogP contribution in [-0.4, -0.2) is 18.6 Å². The van der Waals surface area contributed by atoms with Gasteiger partial charge in [0.1, 0.15) is 12.4 Å². The van der Waals surface area contributed by atoms with Gasteiger partial charge >= 0.3 is 0 Å². The lowest BCUT2D eigenvalue weighted by atomic mass is 10.2. The van der Waals surface area contributed by atoms with Gasteiger partial charge in [0.2, 0.25) is 0 Å². The van der Waals surface area contributed by atoms with Crippen LogP contribution in [0.25, 0.3) is 0 Å². The Bertz CT molecular complexity index is 424. The van der Waals surface area contributed by atoms with E-state index < -0.39 is 4.92 Å². The number of hydrogen-bond donors (Lipinski definition) is 1. The van der Waals surface area contributed by atoms with Crippen LogP contribution < -0.4 is 10.1 Å². The first kappa shape index (κ1) is 12.0. The van der Waals surface area contributed by atoms with Crippen LogP contribution in [0, 0.1) is 22.5 Å². The van der Waals surface area contributed by atoms with Crippen LogP contribution in [0.15, 0.2) is 18.2 Å². The van der Waals surface area contributed by atoms with Crippen molar-refractivity contribution in [3.8, 4) is 18.1 Å². The summed E-state index contributed by atoms with van der Waals surface area (Å²) in [5.41, 5.74) is 0.755. The average molecular weight is 220 g/mol. The minimum absolute atomic E-state index is 0.0401. The summed E-state index contributed by atoms with van der Waals surface area (Å²) in [5, 5.41) is 13.5. The third-order valence-corrected chi connectivity index (χ3v) is 1.93. The molecule has 0 aliphatic heterocycles. The molecule has 0 saturated carbocycles. The van der Waals surface area contributed by atoms with Crippen molar-refractivity contribution in [2.24, 2.45) is 0 Å². The molecular weight excluding hydrogens is 208 g/mol. The van der Waals surface area contributed by atoms with Crippen molar-refractivity contribution in [3.63, 3.8) is 0 Å². The van der Waals surface area contributed by atoms with Crippen LogP contribution in [0.3, 0.4) is 0 Å². The Hall–Kier alpha value is -2.06. The highest BCUT2D eigenvalue weighted by molar-refractivity contribution is 5.43. The monoisotopic (exact) mass is 220 g/mol. The van der Waals surface area contributed by atoms with E-state index in [1.807, 2.05) is 0 Å². The molecule has 0 spiro atoms. The molecule has 1 N–H and O–H groups in total. The second-order valence-electron chi connectivity index (χ2n) is 3.07. The summed E-state index contributed by atoms with van der Waals surface area (Å²) in [4.78, 5) is 10.2. The minimum atomic E-state index is -0.440. The van der Waals surface area contributed by atoms with Crippen LogP contribution in [0.5, 0.6) is 5.75 Å². The highest BCUT2D eigenvalue weighted by Gasteiger charge is 2.10. The molecule has 0 unspecified atom stereocenters. The van der Waals surface area contributed by atoms with Gasteiger partial charge in [-0.05, 0) is 13.1 Å². The molecule has 0 aliphatic rings. The third kappa shape index (κ3) is 2.97. The SMILES string of the molecule is C#CCOc1ccc([N+](=O)[O-])cc1CNC. The largest absolute Gasteiger partial charge is 0.481 e. The van der Waals surface area contributed by atoms with Gasteiger partial charge in [-0.25, -0.2) is 0 Å². The molecule has 0 fully saturated rings. The maximum Gasteiger partial charge on any atom is 0.270 e. The highest BCUT2D eigenvalue weighted by Crippen LogP contribution is 2.23. The summed E-state index contributed by atoms with van der Waals surface area (Å²) < 4.78 is 5.27. The van der Waals surface area contributed by atoms with Gasteiger partial charge in [-0.3, -0.25) is 10.1 Å². The van der Waals surface area contributed by atoms with Crippen molar-refractivity contribution >= 4 is 5.69 Å². The molecule has 1 rings (SSSR count). The first-order chi connectivity index (χ1) is 7.69. The number of benzene rings is 1. The van der Waals surface area contributed by atoms with Gasteiger partial charge in [0, 0.05) is 24.2 Å². The minimum Gasteiger partial charge on any atom is -0.481 e. The summed E-state index contributed by atoms with van der Waals surface area (Å²) >= 11 is 0. The van der Waals surface area contributed by atoms with Crippen molar-refractivity contribution in [2.75, 3.05) is 13.7 Å². The zero-order chi connectivity index (χ0) is 12.0. The first-order valence-corrected chi connectivity index (χ1v) is 4.67. The second kappa shape index (κ2) is 5.73. The lowest BCUT2D eigenvalue weighted by Gasteiger charge is -2.08. The lowest BCUT2D eigenvalue weighted by molar-refractivity contribution is -0.384. The van der Waals surface area contributed by atoms with Crippen molar-refractivity contribution in [2.45, 2.75) is 6.54 Å². The number of nitro groups is 1. The normalized spacial score (nSPS) is 9.50. The molecule has 1 aromatic rings. The molecule has 0 radical (unpaired) electrons. The fourth-order valence-corrected chi connectivity index (χ4v) is 1.27. The smallest absolute Gasteiger partial charge is 0.270 e. The molecule has 16 heavy (non-hydrogen) atoms. The van der Waals surface area contributed by atoms with E-state index in [9.17, 15) is 10.1 Å². The van der Waals surface area contributed by atoms with E-state index >= 15 is 0 Å². The number of ether oxygens (including phenoxy) is 1. The molecule has 0 bridgehead atoms. The van der Waals surface area contributed by atoms with E-state index in [1.54, 1.807) is 13.1 Å². The van der Waals surface area contributed by atoms with E-state index in [4.69, 9.17) is 11.2 Å². The number of nitrogens with zero attached hydrogens (tertiary/aromatic N) is 1. The third-order valence-electron chi connectivity index (χ3n) is 1.93. The molecule has 0 atom stereocenters. The summed E-state index contributed by atoms with van der Waals surface area (Å²) in [5.74, 6) is 2.91. The molecule has 1 aromatic carbocycles. The van der Waals surface area contributed by atoms with Crippen molar-refractivity contribution < 1.29 is 9.66 Å². The molecule has 0 saturated heterocycles. The molecule has 5 nitrogen and oxygen atoms in total. The van der Waals surface area contributed by atoms with Gasteiger partial charge in [-0.15, -0.1) is 6.42 Å². The maximum atomic E-state index is 10.6. The Morgan fingerprint density at radius 1 is 1.62 bits per heavy atom. The summed E-state index contributed by atoms with van der Waals surface area (Å²) in [6.45, 7) is 0.635. The van der Waals surface area contributed by atoms with Crippen LogP contribution in [0.1, 0.15) is 5.56 Å². The van der Waals surface area contributed by atoms with E-state index in [0.29, 0.717) is 17.9 Å². The molecule has 84 valence electrons. The summed E-state index contributed by atoms with van der Waals surface area (Å²) in [6, 6.07) is 4.43. The number of non-ortho nitro benzene ring substituents is 1. The predicted molar refractivity (Wildman–Crippen MR) is 60.2 cm³/mol. The number of nitro benzene ring substituents is 1. The Morgan fingerprint density at radius 3 is 2.94 bits per heavy atom. The Morgan fingerprint density at radius 2 is 2.38 bits per heavy atom. The fraction of sp³-hybridized carbons (Fsp3) is 0.273. The van der Waals surface area contributed by atoms with Crippen LogP contribution in [0.2, 0.25) is 0 Å². The quantitative estimate of drug-likeness (QED) is 0.462. The number of terminal acetylenes is 1. The van der Waals surface area contributed by atoms with Crippen LogP contribution in [0.4, 0.5) is 5.69 Å². The van der Waals surface area contributed by atoms with Gasteiger partial charge < -0.3 is 10.1 Å². The standard InChI is InChI=1S/C11H12N2O3/c1-3-6-16-11-5-4-10(13(14)15)7-9(11)8-12-2/h1,4-5,7,12H,6,8H2,2H3. The Labute approximate surface area is 93.6 Å². The zero-order valence-corrected chi connectivity index (χ0v) is 8.90. The Balaban J connectivity index is 2.99. The average Bonchev–Trinajstić information content (AvgIpc) is 2.27. The van der Waals surface area contributed by atoms with Crippen LogP contribution >= 0.6 is 0 Å². The molecule has 0 amide bonds. The second-order valence-corrected chi connectivity index (χ2v) is 3.07. The van der Waals surface area contributed by atoms with Crippen LogP contribution in [-0.2, 0) is 6.54 Å². The maximum absolute atomic E-state index is 10.6. The van der Waals surface area contributed by atoms with Gasteiger partial charge in [0.05, 0.1) is 4.92 Å². The van der Waals surface area contributed by atoms with Gasteiger partial charge in [0.15, 0.2) is 0 Å². The fourth-order valence-electron chi connectivity index (χ4n) is 1.27. The topological polar surface area (TPSA) is 64.4 Å². The molecule has 0 aliphatic carbocycles. The van der Waals surface area contributed by atoms with E-state index in [-0.39, 0.29) is 12.3 Å². The molecule has 0 aromatic heterocycles. The van der Waals surface area contributed by atoms with Gasteiger partial charge in [-0.2, -0.15) is 0 Å².